The number of aromatic nitrogens is 1. The molecule has 2 rings (SSSR count). The van der Waals surface area contributed by atoms with Crippen molar-refractivity contribution in [1.82, 2.24) is 4.98 Å². The van der Waals surface area contributed by atoms with Crippen molar-refractivity contribution in [3.05, 3.63) is 48.0 Å². The molecule has 0 aliphatic heterocycles. The predicted octanol–water partition coefficient (Wildman–Crippen LogP) is 3.58. The number of rotatable bonds is 4. The monoisotopic (exact) mass is 250 g/mol. The first-order valence-corrected chi connectivity index (χ1v) is 5.53. The molecule has 1 heterocycles. The van der Waals surface area contributed by atoms with Gasteiger partial charge in [-0.3, -0.25) is 0 Å². The van der Waals surface area contributed by atoms with E-state index >= 15 is 0 Å². The van der Waals surface area contributed by atoms with Gasteiger partial charge in [-0.1, -0.05) is 6.07 Å². The van der Waals surface area contributed by atoms with Crippen LogP contribution in [-0.2, 0) is 0 Å². The number of pyridine rings is 1. The number of ether oxygens (including phenoxy) is 1. The maximum absolute atomic E-state index is 13.0. The maximum Gasteiger partial charge on any atom is 0.221 e. The van der Waals surface area contributed by atoms with Crippen LogP contribution in [0.25, 0.3) is 0 Å². The van der Waals surface area contributed by atoms with E-state index in [1.807, 2.05) is 6.92 Å². The molecule has 3 nitrogen and oxygen atoms in total. The third-order valence-corrected chi connectivity index (χ3v) is 2.19. The van der Waals surface area contributed by atoms with Gasteiger partial charge in [-0.15, -0.1) is 0 Å². The van der Waals surface area contributed by atoms with Crippen molar-refractivity contribution in [3.63, 3.8) is 0 Å². The van der Waals surface area contributed by atoms with Crippen molar-refractivity contribution in [3.8, 4) is 11.6 Å². The normalized spacial score (nSPS) is 10.2. The molecule has 0 atom stereocenters. The summed E-state index contributed by atoms with van der Waals surface area (Å²) in [6.07, 6.45) is 0. The molecule has 0 radical (unpaired) electrons. The van der Waals surface area contributed by atoms with E-state index in [4.69, 9.17) is 4.74 Å². The molecule has 0 bridgehead atoms. The molecule has 0 fully saturated rings. The SMILES string of the molecule is CCNc1cccc(Oc2ccc(F)c(F)c2)n1. The summed E-state index contributed by atoms with van der Waals surface area (Å²) >= 11 is 0. The van der Waals surface area contributed by atoms with Crippen molar-refractivity contribution in [2.45, 2.75) is 6.92 Å². The number of benzene rings is 1. The van der Waals surface area contributed by atoms with Crippen LogP contribution in [0.3, 0.4) is 0 Å². The fraction of sp³-hybridized carbons (Fsp3) is 0.154. The number of nitrogens with one attached hydrogen (secondary N) is 1. The first kappa shape index (κ1) is 12.3. The topological polar surface area (TPSA) is 34.1 Å². The lowest BCUT2D eigenvalue weighted by atomic mass is 10.3. The lowest BCUT2D eigenvalue weighted by molar-refractivity contribution is 0.448. The Morgan fingerprint density at radius 1 is 1.17 bits per heavy atom. The van der Waals surface area contributed by atoms with Crippen LogP contribution in [-0.4, -0.2) is 11.5 Å². The van der Waals surface area contributed by atoms with E-state index in [1.54, 1.807) is 18.2 Å². The van der Waals surface area contributed by atoms with E-state index in [0.717, 1.165) is 18.7 Å². The van der Waals surface area contributed by atoms with E-state index in [0.29, 0.717) is 11.7 Å². The maximum atomic E-state index is 13.0. The average Bonchev–Trinajstić information content (AvgIpc) is 2.35. The Balaban J connectivity index is 2.17. The Kier molecular flexibility index (Phi) is 3.72. The van der Waals surface area contributed by atoms with Gasteiger partial charge in [-0.25, -0.2) is 8.78 Å². The molecule has 0 aliphatic carbocycles. The first-order chi connectivity index (χ1) is 8.69. The Labute approximate surface area is 103 Å². The summed E-state index contributed by atoms with van der Waals surface area (Å²) in [5.41, 5.74) is 0. The molecular weight excluding hydrogens is 238 g/mol. The molecule has 2 aromatic rings. The summed E-state index contributed by atoms with van der Waals surface area (Å²) in [6.45, 7) is 2.69. The van der Waals surface area contributed by atoms with Gasteiger partial charge in [0.1, 0.15) is 11.6 Å². The summed E-state index contributed by atoms with van der Waals surface area (Å²) in [7, 11) is 0. The minimum absolute atomic E-state index is 0.204. The molecule has 0 aliphatic rings. The summed E-state index contributed by atoms with van der Waals surface area (Å²) in [5.74, 6) is -0.667. The van der Waals surface area contributed by atoms with Crippen molar-refractivity contribution in [2.75, 3.05) is 11.9 Å². The van der Waals surface area contributed by atoms with Gasteiger partial charge in [0, 0.05) is 18.7 Å². The highest BCUT2D eigenvalue weighted by Gasteiger charge is 2.05. The Morgan fingerprint density at radius 3 is 2.72 bits per heavy atom. The standard InChI is InChI=1S/C13H12F2N2O/c1-2-16-12-4-3-5-13(17-12)18-9-6-7-10(14)11(15)8-9/h3-8H,2H2,1H3,(H,16,17). The number of anilines is 1. The third-order valence-electron chi connectivity index (χ3n) is 2.19. The molecule has 94 valence electrons. The molecule has 0 amide bonds. The molecule has 1 N–H and O–H groups in total. The zero-order valence-electron chi connectivity index (χ0n) is 9.78. The van der Waals surface area contributed by atoms with Gasteiger partial charge in [0.05, 0.1) is 0 Å². The van der Waals surface area contributed by atoms with Crippen LogP contribution in [0.1, 0.15) is 6.92 Å². The van der Waals surface area contributed by atoms with Gasteiger partial charge in [0.2, 0.25) is 5.88 Å². The largest absolute Gasteiger partial charge is 0.439 e. The van der Waals surface area contributed by atoms with Crippen LogP contribution in [0, 0.1) is 11.6 Å². The second-order valence-corrected chi connectivity index (χ2v) is 3.57. The number of hydrogen-bond acceptors (Lipinski definition) is 3. The second kappa shape index (κ2) is 5.44. The summed E-state index contributed by atoms with van der Waals surface area (Å²) in [5, 5.41) is 3.03. The highest BCUT2D eigenvalue weighted by atomic mass is 19.2. The summed E-state index contributed by atoms with van der Waals surface area (Å²) < 4.78 is 31.1. The van der Waals surface area contributed by atoms with E-state index in [9.17, 15) is 8.78 Å². The van der Waals surface area contributed by atoms with E-state index in [-0.39, 0.29) is 5.75 Å². The highest BCUT2D eigenvalue weighted by Crippen LogP contribution is 2.22. The molecule has 1 aromatic heterocycles. The zero-order valence-corrected chi connectivity index (χ0v) is 9.78. The lowest BCUT2D eigenvalue weighted by Gasteiger charge is -2.07. The van der Waals surface area contributed by atoms with E-state index in [2.05, 4.69) is 10.3 Å². The summed E-state index contributed by atoms with van der Waals surface area (Å²) in [6, 6.07) is 8.54. The minimum atomic E-state index is -0.949. The Morgan fingerprint density at radius 2 is 2.00 bits per heavy atom. The van der Waals surface area contributed by atoms with Crippen LogP contribution in [0.15, 0.2) is 36.4 Å². The van der Waals surface area contributed by atoms with Gasteiger partial charge in [0.15, 0.2) is 11.6 Å². The lowest BCUT2D eigenvalue weighted by Crippen LogP contribution is -1.99. The van der Waals surface area contributed by atoms with Crippen molar-refractivity contribution >= 4 is 5.82 Å². The van der Waals surface area contributed by atoms with Crippen LogP contribution >= 0.6 is 0 Å². The molecule has 0 saturated carbocycles. The van der Waals surface area contributed by atoms with Crippen LogP contribution in [0.2, 0.25) is 0 Å². The third kappa shape index (κ3) is 2.94. The van der Waals surface area contributed by atoms with Gasteiger partial charge < -0.3 is 10.1 Å². The van der Waals surface area contributed by atoms with Crippen molar-refractivity contribution in [1.29, 1.82) is 0 Å². The van der Waals surface area contributed by atoms with E-state index in [1.165, 1.54) is 6.07 Å². The number of halogens is 2. The van der Waals surface area contributed by atoms with Gasteiger partial charge in [0.25, 0.3) is 0 Å². The van der Waals surface area contributed by atoms with Crippen LogP contribution < -0.4 is 10.1 Å². The fourth-order valence-corrected chi connectivity index (χ4v) is 1.41. The molecule has 0 spiro atoms. The average molecular weight is 250 g/mol. The van der Waals surface area contributed by atoms with Crippen LogP contribution in [0.5, 0.6) is 11.6 Å². The fourth-order valence-electron chi connectivity index (χ4n) is 1.41. The van der Waals surface area contributed by atoms with E-state index < -0.39 is 11.6 Å². The minimum Gasteiger partial charge on any atom is -0.439 e. The molecular formula is C13H12F2N2O. The second-order valence-electron chi connectivity index (χ2n) is 3.57. The molecule has 5 heteroatoms. The molecule has 0 unspecified atom stereocenters. The molecule has 0 saturated heterocycles. The first-order valence-electron chi connectivity index (χ1n) is 5.53. The smallest absolute Gasteiger partial charge is 0.221 e. The molecule has 18 heavy (non-hydrogen) atoms. The predicted molar refractivity (Wildman–Crippen MR) is 64.8 cm³/mol. The van der Waals surface area contributed by atoms with Gasteiger partial charge >= 0.3 is 0 Å². The number of hydrogen-bond donors (Lipinski definition) is 1. The van der Waals surface area contributed by atoms with Gasteiger partial charge in [-0.05, 0) is 25.1 Å². The quantitative estimate of drug-likeness (QED) is 0.900. The zero-order chi connectivity index (χ0) is 13.0. The summed E-state index contributed by atoms with van der Waals surface area (Å²) in [4.78, 5) is 4.16. The van der Waals surface area contributed by atoms with Crippen LogP contribution in [0.4, 0.5) is 14.6 Å². The number of nitrogens with zero attached hydrogens (tertiary/aromatic N) is 1. The Bertz CT molecular complexity index is 546. The molecule has 1 aromatic carbocycles. The van der Waals surface area contributed by atoms with Crippen molar-refractivity contribution < 1.29 is 13.5 Å². The highest BCUT2D eigenvalue weighted by molar-refractivity contribution is 5.38. The van der Waals surface area contributed by atoms with Gasteiger partial charge in [-0.2, -0.15) is 4.98 Å². The van der Waals surface area contributed by atoms with Crippen molar-refractivity contribution in [2.24, 2.45) is 0 Å². The Hall–Kier alpha value is -2.17.